The number of carboxylic acid groups (broad SMARTS) is 1. The van der Waals surface area contributed by atoms with E-state index in [-0.39, 0.29) is 32.1 Å². The normalized spacial score (nSPS) is 17.7. The minimum atomic E-state index is -3.83. The summed E-state index contributed by atoms with van der Waals surface area (Å²) in [5.41, 5.74) is 6.02. The van der Waals surface area contributed by atoms with Crippen molar-refractivity contribution in [1.29, 1.82) is 0 Å². The SMILES string of the molecule is CS(=O)(=O)N[C@@H](CCCCN)C(=O)N[C@H](Cc1ccccc1)C(O)([PH+]=O)C1(C(=O)N[C@@H](Cc2c[nH]c3ccccc23)C(=O)O)CCCC1. The molecule has 48 heavy (non-hydrogen) atoms. The number of carbonyl (C=O) groups is 3. The number of rotatable bonds is 18. The molecule has 0 saturated heterocycles. The number of aliphatic carboxylic acids is 1. The lowest BCUT2D eigenvalue weighted by molar-refractivity contribution is -0.150. The Morgan fingerprint density at radius 3 is 2.29 bits per heavy atom. The van der Waals surface area contributed by atoms with Gasteiger partial charge in [-0.2, -0.15) is 0 Å². The van der Waals surface area contributed by atoms with E-state index in [0.717, 1.165) is 17.2 Å². The minimum absolute atomic E-state index is 0.0422. The molecule has 3 aromatic rings. The van der Waals surface area contributed by atoms with E-state index in [0.29, 0.717) is 43.4 Å². The summed E-state index contributed by atoms with van der Waals surface area (Å²) >= 11 is 0. The molecule has 1 saturated carbocycles. The van der Waals surface area contributed by atoms with Crippen molar-refractivity contribution in [2.45, 2.75) is 81.3 Å². The zero-order chi connectivity index (χ0) is 35.0. The first-order chi connectivity index (χ1) is 22.8. The molecule has 260 valence electrons. The molecule has 0 spiro atoms. The van der Waals surface area contributed by atoms with Gasteiger partial charge in [0.15, 0.2) is 0 Å². The largest absolute Gasteiger partial charge is 0.480 e. The molecule has 2 aromatic carbocycles. The monoisotopic (exact) mass is 702 g/mol. The quantitative estimate of drug-likeness (QED) is 0.0763. The molecular weight excluding hydrogens is 657 g/mol. The third kappa shape index (κ3) is 8.66. The van der Waals surface area contributed by atoms with E-state index in [1.165, 1.54) is 0 Å². The molecule has 1 aliphatic carbocycles. The summed E-state index contributed by atoms with van der Waals surface area (Å²) in [6.45, 7) is 0.343. The van der Waals surface area contributed by atoms with Crippen molar-refractivity contribution in [2.24, 2.45) is 11.1 Å². The van der Waals surface area contributed by atoms with Crippen LogP contribution in [0.5, 0.6) is 0 Å². The van der Waals surface area contributed by atoms with E-state index in [2.05, 4.69) is 20.3 Å². The molecule has 0 radical (unpaired) electrons. The van der Waals surface area contributed by atoms with Gasteiger partial charge in [-0.25, -0.2) is 17.9 Å². The second-order valence-corrected chi connectivity index (χ2v) is 15.3. The fraction of sp³-hybridized carbons (Fsp3) is 0.485. The maximum Gasteiger partial charge on any atom is 0.362 e. The minimum Gasteiger partial charge on any atom is -0.480 e. The van der Waals surface area contributed by atoms with Crippen LogP contribution in [-0.4, -0.2) is 77.7 Å². The van der Waals surface area contributed by atoms with Gasteiger partial charge in [-0.1, -0.05) is 72.4 Å². The highest BCUT2D eigenvalue weighted by molar-refractivity contribution is 7.88. The van der Waals surface area contributed by atoms with Crippen LogP contribution in [0.15, 0.2) is 60.8 Å². The molecule has 13 nitrogen and oxygen atoms in total. The van der Waals surface area contributed by atoms with Crippen molar-refractivity contribution >= 4 is 47.2 Å². The summed E-state index contributed by atoms with van der Waals surface area (Å²) in [5.74, 6) is -2.82. The summed E-state index contributed by atoms with van der Waals surface area (Å²) in [6, 6.07) is 12.3. The van der Waals surface area contributed by atoms with Gasteiger partial charge in [0.1, 0.15) is 23.5 Å². The Labute approximate surface area is 281 Å². The fourth-order valence-electron chi connectivity index (χ4n) is 6.70. The number of aromatic amines is 1. The third-order valence-corrected chi connectivity index (χ3v) is 11.1. The zero-order valence-electron chi connectivity index (χ0n) is 26.9. The molecular formula is C33H45N5O8PS+. The summed E-state index contributed by atoms with van der Waals surface area (Å²) < 4.78 is 40.0. The topological polar surface area (TPSA) is 221 Å². The number of sulfonamides is 1. The highest BCUT2D eigenvalue weighted by atomic mass is 32.2. The number of aliphatic hydroxyl groups is 1. The van der Waals surface area contributed by atoms with Gasteiger partial charge in [-0.05, 0) is 55.8 Å². The number of carbonyl (C=O) groups excluding carboxylic acids is 2. The smallest absolute Gasteiger partial charge is 0.362 e. The Morgan fingerprint density at radius 2 is 1.67 bits per heavy atom. The molecule has 2 unspecified atom stereocenters. The Balaban J connectivity index is 1.69. The lowest BCUT2D eigenvalue weighted by Gasteiger charge is -2.40. The van der Waals surface area contributed by atoms with E-state index < -0.39 is 65.1 Å². The number of hydrogen-bond acceptors (Lipinski definition) is 8. The maximum absolute atomic E-state index is 14.3. The van der Waals surface area contributed by atoms with Crippen LogP contribution < -0.4 is 21.1 Å². The molecule has 1 aliphatic rings. The van der Waals surface area contributed by atoms with E-state index in [1.807, 2.05) is 24.3 Å². The van der Waals surface area contributed by atoms with Gasteiger partial charge in [0.25, 0.3) is 5.34 Å². The highest BCUT2D eigenvalue weighted by Gasteiger charge is 2.67. The highest BCUT2D eigenvalue weighted by Crippen LogP contribution is 2.53. The van der Waals surface area contributed by atoms with Crippen molar-refractivity contribution in [3.8, 4) is 0 Å². The Bertz CT molecular complexity index is 1700. The van der Waals surface area contributed by atoms with E-state index >= 15 is 0 Å². The van der Waals surface area contributed by atoms with Crippen LogP contribution >= 0.6 is 8.46 Å². The number of unbranched alkanes of at least 4 members (excludes halogenated alkanes) is 1. The predicted molar refractivity (Wildman–Crippen MR) is 183 cm³/mol. The lowest BCUT2D eigenvalue weighted by Crippen LogP contribution is -2.65. The number of hydrogen-bond donors (Lipinski definition) is 7. The lowest BCUT2D eigenvalue weighted by atomic mass is 9.73. The van der Waals surface area contributed by atoms with Gasteiger partial charge in [-0.15, -0.1) is 0 Å². The van der Waals surface area contributed by atoms with Crippen molar-refractivity contribution in [2.75, 3.05) is 12.8 Å². The van der Waals surface area contributed by atoms with E-state index in [1.54, 1.807) is 36.5 Å². The average molecular weight is 703 g/mol. The Morgan fingerprint density at radius 1 is 1.00 bits per heavy atom. The zero-order valence-corrected chi connectivity index (χ0v) is 28.7. The summed E-state index contributed by atoms with van der Waals surface area (Å²) in [5, 5.41) is 26.5. The number of carboxylic acids is 1. The number of fused-ring (bicyclic) bond motifs is 1. The van der Waals surface area contributed by atoms with Crippen LogP contribution in [-0.2, 0) is 41.8 Å². The van der Waals surface area contributed by atoms with Gasteiger partial charge in [-0.3, -0.25) is 9.59 Å². The van der Waals surface area contributed by atoms with Gasteiger partial charge in [0.2, 0.25) is 21.8 Å². The number of aromatic nitrogens is 1. The number of H-pyrrole nitrogens is 1. The average Bonchev–Trinajstić information content (AvgIpc) is 3.72. The number of amides is 2. The van der Waals surface area contributed by atoms with Crippen LogP contribution in [0.3, 0.4) is 0 Å². The third-order valence-electron chi connectivity index (χ3n) is 9.20. The predicted octanol–water partition coefficient (Wildman–Crippen LogP) is 2.33. The summed E-state index contributed by atoms with van der Waals surface area (Å²) in [7, 11) is -5.33. The molecule has 0 aliphatic heterocycles. The second kappa shape index (κ2) is 16.1. The van der Waals surface area contributed by atoms with Crippen LogP contribution in [0.2, 0.25) is 0 Å². The standard InChI is InChI=1S/C33H44N5O8PS/c1-48(45,46)38-26(15-7-10-18-34)29(39)37-28(19-22-11-3-2-4-12-22)33(43,47-44)32(16-8-9-17-32)31(42)36-27(30(40)41)20-23-21-35-25-14-6-5-13-24(23)25/h2-6,11-14,21,26-28,35,38,43H,7-10,15-20,34H2,1H3,(H,36,42)(H,37,39)(H,40,41)/p+1/t26-,27-,28+,33?/m0/s1. The molecule has 1 fully saturated rings. The molecule has 1 heterocycles. The van der Waals surface area contributed by atoms with Crippen LogP contribution in [0.25, 0.3) is 10.9 Å². The second-order valence-electron chi connectivity index (χ2n) is 12.6. The molecule has 0 bridgehead atoms. The van der Waals surface area contributed by atoms with Gasteiger partial charge >= 0.3 is 14.4 Å². The number of benzene rings is 2. The molecule has 5 atom stereocenters. The van der Waals surface area contributed by atoms with Crippen molar-refractivity contribution in [3.63, 3.8) is 0 Å². The molecule has 8 N–H and O–H groups in total. The van der Waals surface area contributed by atoms with E-state index in [9.17, 15) is 37.6 Å². The first kappa shape index (κ1) is 37.1. The van der Waals surface area contributed by atoms with Crippen molar-refractivity contribution in [1.82, 2.24) is 20.3 Å². The number of para-hydroxylation sites is 1. The van der Waals surface area contributed by atoms with Gasteiger partial charge in [0.05, 0.1) is 6.26 Å². The summed E-state index contributed by atoms with van der Waals surface area (Å²) in [4.78, 5) is 43.7. The number of nitrogens with one attached hydrogen (secondary N) is 4. The van der Waals surface area contributed by atoms with Gasteiger partial charge in [0, 0.05) is 23.5 Å². The van der Waals surface area contributed by atoms with Crippen LogP contribution in [0, 0.1) is 5.41 Å². The van der Waals surface area contributed by atoms with Crippen LogP contribution in [0.1, 0.15) is 56.1 Å². The van der Waals surface area contributed by atoms with Gasteiger partial charge < -0.3 is 31.6 Å². The molecule has 1 aromatic heterocycles. The van der Waals surface area contributed by atoms with Crippen LogP contribution in [0.4, 0.5) is 0 Å². The maximum atomic E-state index is 14.3. The van der Waals surface area contributed by atoms with Crippen molar-refractivity contribution < 1.29 is 37.6 Å². The first-order valence-electron chi connectivity index (χ1n) is 16.1. The molecule has 4 rings (SSSR count). The summed E-state index contributed by atoms with van der Waals surface area (Å²) in [6.07, 6.45) is 4.78. The first-order valence-corrected chi connectivity index (χ1v) is 18.9. The molecule has 2 amide bonds. The Hall–Kier alpha value is -3.68. The Kier molecular flexibility index (Phi) is 12.5. The van der Waals surface area contributed by atoms with E-state index in [4.69, 9.17) is 5.73 Å². The number of nitrogens with two attached hydrogens (primary N) is 1. The fourth-order valence-corrected chi connectivity index (χ4v) is 8.32. The van der Waals surface area contributed by atoms with Crippen molar-refractivity contribution in [3.05, 3.63) is 71.9 Å². The molecule has 15 heteroatoms.